The van der Waals surface area contributed by atoms with Crippen LogP contribution in [0.1, 0.15) is 52.4 Å². The third-order valence-corrected chi connectivity index (χ3v) is 4.64. The van der Waals surface area contributed by atoms with Gasteiger partial charge in [0, 0.05) is 12.6 Å². The normalized spacial score (nSPS) is 29.0. The Bertz CT molecular complexity index is 331. The van der Waals surface area contributed by atoms with E-state index < -0.39 is 0 Å². The summed E-state index contributed by atoms with van der Waals surface area (Å²) < 4.78 is 0. The molecule has 1 N–H and O–H groups in total. The van der Waals surface area contributed by atoms with Crippen LogP contribution in [0.25, 0.3) is 0 Å². The summed E-state index contributed by atoms with van der Waals surface area (Å²) in [6, 6.07) is 3.08. The molecule has 3 unspecified atom stereocenters. The summed E-state index contributed by atoms with van der Waals surface area (Å²) in [7, 11) is 2.23. The Morgan fingerprint density at radius 2 is 2.05 bits per heavy atom. The van der Waals surface area contributed by atoms with Crippen LogP contribution in [0.5, 0.6) is 0 Å². The minimum absolute atomic E-state index is 0.301. The third-order valence-electron chi connectivity index (χ3n) is 4.64. The molecule has 2 aliphatic rings. The van der Waals surface area contributed by atoms with Gasteiger partial charge in [-0.05, 0) is 70.9 Å². The number of nitrogens with one attached hydrogen (secondary N) is 1. The molecule has 19 heavy (non-hydrogen) atoms. The van der Waals surface area contributed by atoms with Gasteiger partial charge in [0.1, 0.15) is 5.54 Å². The molecule has 108 valence electrons. The smallest absolute Gasteiger partial charge is 0.104 e. The van der Waals surface area contributed by atoms with Crippen LogP contribution in [0.3, 0.4) is 0 Å². The lowest BCUT2D eigenvalue weighted by atomic mass is 9.96. The summed E-state index contributed by atoms with van der Waals surface area (Å²) >= 11 is 0. The molecule has 0 aromatic heterocycles. The summed E-state index contributed by atoms with van der Waals surface area (Å²) in [6.45, 7) is 6.84. The van der Waals surface area contributed by atoms with E-state index in [0.29, 0.717) is 6.04 Å². The van der Waals surface area contributed by atoms with Gasteiger partial charge in [0.25, 0.3) is 0 Å². The van der Waals surface area contributed by atoms with Crippen molar-refractivity contribution in [2.24, 2.45) is 11.8 Å². The van der Waals surface area contributed by atoms with Crippen LogP contribution in [0, 0.1) is 23.2 Å². The largest absolute Gasteiger partial charge is 0.306 e. The molecule has 3 heteroatoms. The Morgan fingerprint density at radius 1 is 1.37 bits per heavy atom. The zero-order valence-electron chi connectivity index (χ0n) is 12.8. The molecule has 0 aliphatic heterocycles. The van der Waals surface area contributed by atoms with E-state index >= 15 is 0 Å². The first-order valence-corrected chi connectivity index (χ1v) is 7.90. The SMILES string of the molecule is CC1CC1CN(C)CCCCC(C)(C#N)NC1CC1. The van der Waals surface area contributed by atoms with Gasteiger partial charge in [-0.2, -0.15) is 5.26 Å². The minimum Gasteiger partial charge on any atom is -0.306 e. The molecular weight excluding hydrogens is 234 g/mol. The molecule has 0 amide bonds. The maximum atomic E-state index is 9.30. The fourth-order valence-corrected chi connectivity index (χ4v) is 2.84. The van der Waals surface area contributed by atoms with Crippen LogP contribution in [0.4, 0.5) is 0 Å². The molecule has 0 heterocycles. The number of nitrogens with zero attached hydrogens (tertiary/aromatic N) is 2. The van der Waals surface area contributed by atoms with E-state index in [4.69, 9.17) is 0 Å². The topological polar surface area (TPSA) is 39.1 Å². The van der Waals surface area contributed by atoms with Crippen LogP contribution >= 0.6 is 0 Å². The standard InChI is InChI=1S/C16H29N3/c1-13-10-14(13)11-19(3)9-5-4-8-16(2,12-17)18-15-6-7-15/h13-15,18H,4-11H2,1-3H3. The average molecular weight is 263 g/mol. The van der Waals surface area contributed by atoms with Crippen molar-refractivity contribution in [3.8, 4) is 6.07 Å². The first-order valence-electron chi connectivity index (χ1n) is 7.90. The molecule has 0 aromatic rings. The van der Waals surface area contributed by atoms with Crippen molar-refractivity contribution in [1.82, 2.24) is 10.2 Å². The van der Waals surface area contributed by atoms with Crippen LogP contribution in [0.2, 0.25) is 0 Å². The first-order chi connectivity index (χ1) is 9.02. The van der Waals surface area contributed by atoms with E-state index in [1.807, 2.05) is 0 Å². The predicted octanol–water partition coefficient (Wildman–Crippen LogP) is 2.78. The van der Waals surface area contributed by atoms with Crippen LogP contribution in [-0.4, -0.2) is 36.6 Å². The van der Waals surface area contributed by atoms with E-state index in [2.05, 4.69) is 37.2 Å². The lowest BCUT2D eigenvalue weighted by Crippen LogP contribution is -2.42. The molecule has 2 fully saturated rings. The Balaban J connectivity index is 1.55. The summed E-state index contributed by atoms with van der Waals surface area (Å²) in [5, 5.41) is 12.8. The van der Waals surface area contributed by atoms with E-state index in [9.17, 15) is 5.26 Å². The fourth-order valence-electron chi connectivity index (χ4n) is 2.84. The fraction of sp³-hybridized carbons (Fsp3) is 0.938. The average Bonchev–Trinajstić information content (AvgIpc) is 3.27. The van der Waals surface area contributed by atoms with E-state index in [-0.39, 0.29) is 5.54 Å². The Kier molecular flexibility index (Phi) is 4.86. The molecule has 0 spiro atoms. The highest BCUT2D eigenvalue weighted by molar-refractivity contribution is 5.06. The van der Waals surface area contributed by atoms with Crippen molar-refractivity contribution in [3.05, 3.63) is 0 Å². The lowest BCUT2D eigenvalue weighted by Gasteiger charge is -2.24. The van der Waals surface area contributed by atoms with Crippen LogP contribution in [0.15, 0.2) is 0 Å². The molecule has 0 bridgehead atoms. The van der Waals surface area contributed by atoms with Crippen molar-refractivity contribution in [2.45, 2.75) is 64.0 Å². The molecule has 0 saturated heterocycles. The lowest BCUT2D eigenvalue weighted by molar-refractivity contribution is 0.298. The summed E-state index contributed by atoms with van der Waals surface area (Å²) in [5.41, 5.74) is -0.301. The predicted molar refractivity (Wildman–Crippen MR) is 78.8 cm³/mol. The summed E-state index contributed by atoms with van der Waals surface area (Å²) in [6.07, 6.45) is 7.25. The minimum atomic E-state index is -0.301. The van der Waals surface area contributed by atoms with E-state index in [1.54, 1.807) is 0 Å². The molecule has 2 saturated carbocycles. The zero-order chi connectivity index (χ0) is 13.9. The molecule has 2 aliphatic carbocycles. The number of nitriles is 1. The van der Waals surface area contributed by atoms with Gasteiger partial charge in [-0.15, -0.1) is 0 Å². The van der Waals surface area contributed by atoms with Gasteiger partial charge in [0.05, 0.1) is 6.07 Å². The Hall–Kier alpha value is -0.590. The van der Waals surface area contributed by atoms with Gasteiger partial charge in [0.2, 0.25) is 0 Å². The van der Waals surface area contributed by atoms with E-state index in [1.165, 1.54) is 38.8 Å². The maximum Gasteiger partial charge on any atom is 0.104 e. The zero-order valence-corrected chi connectivity index (χ0v) is 12.8. The molecule has 0 aromatic carbocycles. The van der Waals surface area contributed by atoms with Gasteiger partial charge < -0.3 is 4.90 Å². The highest BCUT2D eigenvalue weighted by Crippen LogP contribution is 2.37. The van der Waals surface area contributed by atoms with Crippen molar-refractivity contribution >= 4 is 0 Å². The first kappa shape index (κ1) is 14.8. The highest BCUT2D eigenvalue weighted by Gasteiger charge is 2.33. The van der Waals surface area contributed by atoms with Crippen molar-refractivity contribution in [2.75, 3.05) is 20.1 Å². The Morgan fingerprint density at radius 3 is 2.58 bits per heavy atom. The molecular formula is C16H29N3. The van der Waals surface area contributed by atoms with Gasteiger partial charge >= 0.3 is 0 Å². The van der Waals surface area contributed by atoms with Gasteiger partial charge in [-0.3, -0.25) is 5.32 Å². The second-order valence-corrected chi connectivity index (χ2v) is 7.05. The summed E-state index contributed by atoms with van der Waals surface area (Å²) in [5.74, 6) is 1.90. The quantitative estimate of drug-likeness (QED) is 0.650. The molecule has 0 radical (unpaired) electrons. The molecule has 3 nitrogen and oxygen atoms in total. The molecule has 3 atom stereocenters. The number of hydrogen-bond acceptors (Lipinski definition) is 3. The second-order valence-electron chi connectivity index (χ2n) is 7.05. The van der Waals surface area contributed by atoms with Gasteiger partial charge in [0.15, 0.2) is 0 Å². The monoisotopic (exact) mass is 263 g/mol. The number of unbranched alkanes of at least 4 members (excludes halogenated alkanes) is 1. The number of rotatable bonds is 9. The van der Waals surface area contributed by atoms with Gasteiger partial charge in [-0.1, -0.05) is 6.92 Å². The van der Waals surface area contributed by atoms with Crippen molar-refractivity contribution < 1.29 is 0 Å². The van der Waals surface area contributed by atoms with E-state index in [0.717, 1.165) is 24.7 Å². The molecule has 2 rings (SSSR count). The van der Waals surface area contributed by atoms with Crippen LogP contribution < -0.4 is 5.32 Å². The summed E-state index contributed by atoms with van der Waals surface area (Å²) in [4.78, 5) is 2.46. The third kappa shape index (κ3) is 5.12. The Labute approximate surface area is 118 Å². The van der Waals surface area contributed by atoms with Crippen LogP contribution in [-0.2, 0) is 0 Å². The highest BCUT2D eigenvalue weighted by atomic mass is 15.1. The van der Waals surface area contributed by atoms with Crippen molar-refractivity contribution in [3.63, 3.8) is 0 Å². The van der Waals surface area contributed by atoms with Crippen molar-refractivity contribution in [1.29, 1.82) is 5.26 Å². The van der Waals surface area contributed by atoms with Gasteiger partial charge in [-0.25, -0.2) is 0 Å². The maximum absolute atomic E-state index is 9.30. The second kappa shape index (κ2) is 6.24. The number of hydrogen-bond donors (Lipinski definition) is 1.